The van der Waals surface area contributed by atoms with E-state index in [1.807, 2.05) is 13.8 Å². The van der Waals surface area contributed by atoms with Gasteiger partial charge in [-0.3, -0.25) is 9.88 Å². The molecule has 0 aliphatic heterocycles. The van der Waals surface area contributed by atoms with Crippen LogP contribution in [0.1, 0.15) is 30.9 Å². The summed E-state index contributed by atoms with van der Waals surface area (Å²) in [5, 5.41) is 3.44. The van der Waals surface area contributed by atoms with Crippen LogP contribution in [0, 0.1) is 0 Å². The third-order valence-electron chi connectivity index (χ3n) is 5.71. The fourth-order valence-electron chi connectivity index (χ4n) is 3.77. The maximum atomic E-state index is 13.6. The average molecular weight is 520 g/mol. The van der Waals surface area contributed by atoms with Gasteiger partial charge in [-0.25, -0.2) is 15.0 Å². The Morgan fingerprint density at radius 2 is 1.62 bits per heavy atom. The topological polar surface area (TPSA) is 66.8 Å². The zero-order chi connectivity index (χ0) is 26.8. The van der Waals surface area contributed by atoms with E-state index >= 15 is 0 Å². The van der Waals surface area contributed by atoms with Gasteiger partial charge >= 0.3 is 12.4 Å². The molecule has 0 saturated carbocycles. The van der Waals surface area contributed by atoms with Gasteiger partial charge in [0.1, 0.15) is 17.3 Å². The number of pyridine rings is 2. The number of hydrogen-bond acceptors (Lipinski definition) is 6. The molecule has 4 aromatic rings. The molecule has 0 spiro atoms. The molecular formula is C25H22F6N6. The van der Waals surface area contributed by atoms with E-state index in [4.69, 9.17) is 0 Å². The minimum Gasteiger partial charge on any atom is -0.338 e. The lowest BCUT2D eigenvalue weighted by Crippen LogP contribution is -2.23. The van der Waals surface area contributed by atoms with E-state index in [1.54, 1.807) is 6.07 Å². The van der Waals surface area contributed by atoms with Crippen LogP contribution in [-0.2, 0) is 18.9 Å². The van der Waals surface area contributed by atoms with Crippen LogP contribution in [-0.4, -0.2) is 37.9 Å². The molecule has 1 aromatic carbocycles. The third-order valence-corrected chi connectivity index (χ3v) is 5.71. The van der Waals surface area contributed by atoms with Crippen LogP contribution in [0.15, 0.2) is 54.9 Å². The number of benzene rings is 1. The van der Waals surface area contributed by atoms with E-state index in [0.29, 0.717) is 36.4 Å². The molecule has 194 valence electrons. The predicted octanol–water partition coefficient (Wildman–Crippen LogP) is 6.71. The monoisotopic (exact) mass is 520 g/mol. The number of nitrogens with one attached hydrogen (secondary N) is 1. The van der Waals surface area contributed by atoms with Crippen molar-refractivity contribution in [3.63, 3.8) is 0 Å². The van der Waals surface area contributed by atoms with Gasteiger partial charge < -0.3 is 5.32 Å². The van der Waals surface area contributed by atoms with Crippen molar-refractivity contribution in [3.05, 3.63) is 71.9 Å². The lowest BCUT2D eigenvalue weighted by atomic mass is 10.0. The summed E-state index contributed by atoms with van der Waals surface area (Å²) in [6.07, 6.45) is -6.85. The Labute approximate surface area is 208 Å². The van der Waals surface area contributed by atoms with Gasteiger partial charge in [-0.2, -0.15) is 26.3 Å². The predicted molar refractivity (Wildman–Crippen MR) is 127 cm³/mol. The SMILES string of the molecule is CCN(CC)Cc1nc(Nc2ccc(C(F)(F)F)nc2)c2ccc(-c3ncccc3C(F)(F)F)cc2n1. The minimum atomic E-state index is -4.60. The summed E-state index contributed by atoms with van der Waals surface area (Å²) in [4.78, 5) is 18.6. The van der Waals surface area contributed by atoms with E-state index < -0.39 is 23.6 Å². The molecule has 0 radical (unpaired) electrons. The third kappa shape index (κ3) is 5.96. The quantitative estimate of drug-likeness (QED) is 0.273. The van der Waals surface area contributed by atoms with E-state index in [9.17, 15) is 26.3 Å². The van der Waals surface area contributed by atoms with Gasteiger partial charge in [-0.1, -0.05) is 19.9 Å². The second-order valence-corrected chi connectivity index (χ2v) is 8.13. The molecule has 0 fully saturated rings. The second-order valence-electron chi connectivity index (χ2n) is 8.13. The molecule has 0 unspecified atom stereocenters. The lowest BCUT2D eigenvalue weighted by Gasteiger charge is -2.18. The van der Waals surface area contributed by atoms with Gasteiger partial charge in [0.25, 0.3) is 0 Å². The maximum Gasteiger partial charge on any atom is 0.433 e. The van der Waals surface area contributed by atoms with Gasteiger partial charge in [0.05, 0.1) is 35.2 Å². The Morgan fingerprint density at radius 1 is 0.865 bits per heavy atom. The molecule has 0 bridgehead atoms. The van der Waals surface area contributed by atoms with Crippen LogP contribution >= 0.6 is 0 Å². The molecule has 4 rings (SSSR count). The molecule has 1 N–H and O–H groups in total. The van der Waals surface area contributed by atoms with E-state index in [2.05, 4.69) is 30.2 Å². The number of fused-ring (bicyclic) bond motifs is 1. The van der Waals surface area contributed by atoms with Crippen LogP contribution in [0.2, 0.25) is 0 Å². The highest BCUT2D eigenvalue weighted by molar-refractivity contribution is 5.93. The number of aromatic nitrogens is 4. The largest absolute Gasteiger partial charge is 0.433 e. The summed E-state index contributed by atoms with van der Waals surface area (Å²) in [7, 11) is 0. The van der Waals surface area contributed by atoms with Gasteiger partial charge in [0.2, 0.25) is 0 Å². The summed E-state index contributed by atoms with van der Waals surface area (Å²) >= 11 is 0. The first kappa shape index (κ1) is 26.3. The number of hydrogen-bond donors (Lipinski definition) is 1. The first-order chi connectivity index (χ1) is 17.5. The molecule has 0 amide bonds. The van der Waals surface area contributed by atoms with Crippen molar-refractivity contribution in [1.29, 1.82) is 0 Å². The molecule has 6 nitrogen and oxygen atoms in total. The smallest absolute Gasteiger partial charge is 0.338 e. The Bertz CT molecular complexity index is 1380. The summed E-state index contributed by atoms with van der Waals surface area (Å²) in [6, 6.07) is 8.79. The number of alkyl halides is 6. The van der Waals surface area contributed by atoms with E-state index in [1.165, 1.54) is 30.5 Å². The fraction of sp³-hybridized carbons (Fsp3) is 0.280. The molecule has 12 heteroatoms. The van der Waals surface area contributed by atoms with Crippen LogP contribution in [0.4, 0.5) is 37.8 Å². The lowest BCUT2D eigenvalue weighted by molar-refractivity contribution is -0.141. The average Bonchev–Trinajstić information content (AvgIpc) is 2.86. The van der Waals surface area contributed by atoms with Crippen molar-refractivity contribution in [2.45, 2.75) is 32.7 Å². The molecule has 0 saturated heterocycles. The van der Waals surface area contributed by atoms with Crippen LogP contribution < -0.4 is 5.32 Å². The van der Waals surface area contributed by atoms with Crippen LogP contribution in [0.3, 0.4) is 0 Å². The van der Waals surface area contributed by atoms with Gasteiger partial charge in [-0.05, 0) is 49.5 Å². The molecule has 0 aliphatic rings. The van der Waals surface area contributed by atoms with Gasteiger partial charge in [0, 0.05) is 17.1 Å². The normalized spacial score (nSPS) is 12.4. The number of halogens is 6. The standard InChI is InChI=1S/C25H22F6N6/c1-3-37(4-2)14-21-35-19-12-15(22-18(24(26,27)28)6-5-11-32-22)7-9-17(19)23(36-21)34-16-8-10-20(33-13-16)25(29,30)31/h5-13H,3-4,14H2,1-2H3,(H,34,35,36). The Kier molecular flexibility index (Phi) is 7.30. The molecule has 3 aromatic heterocycles. The summed E-state index contributed by atoms with van der Waals surface area (Å²) < 4.78 is 79.4. The van der Waals surface area contributed by atoms with Gasteiger partial charge in [0.15, 0.2) is 0 Å². The Morgan fingerprint density at radius 3 is 2.24 bits per heavy atom. The first-order valence-electron chi connectivity index (χ1n) is 11.4. The molecule has 37 heavy (non-hydrogen) atoms. The molecular weight excluding hydrogens is 498 g/mol. The minimum absolute atomic E-state index is 0.218. The highest BCUT2D eigenvalue weighted by Crippen LogP contribution is 2.37. The Hall–Kier alpha value is -3.80. The highest BCUT2D eigenvalue weighted by Gasteiger charge is 2.34. The summed E-state index contributed by atoms with van der Waals surface area (Å²) in [6.45, 7) is 5.73. The van der Waals surface area contributed by atoms with Crippen molar-refractivity contribution in [3.8, 4) is 11.3 Å². The van der Waals surface area contributed by atoms with Crippen molar-refractivity contribution in [1.82, 2.24) is 24.8 Å². The van der Waals surface area contributed by atoms with Crippen molar-refractivity contribution in [2.24, 2.45) is 0 Å². The number of nitrogens with zero attached hydrogens (tertiary/aromatic N) is 5. The zero-order valence-corrected chi connectivity index (χ0v) is 19.8. The van der Waals surface area contributed by atoms with E-state index in [0.717, 1.165) is 18.3 Å². The second kappa shape index (κ2) is 10.3. The highest BCUT2D eigenvalue weighted by atomic mass is 19.4. The summed E-state index contributed by atoms with van der Waals surface area (Å²) in [5.74, 6) is 0.685. The van der Waals surface area contributed by atoms with Crippen LogP contribution in [0.25, 0.3) is 22.2 Å². The maximum absolute atomic E-state index is 13.6. The molecule has 0 aliphatic carbocycles. The molecule has 3 heterocycles. The van der Waals surface area contributed by atoms with E-state index in [-0.39, 0.29) is 22.8 Å². The molecule has 0 atom stereocenters. The van der Waals surface area contributed by atoms with Gasteiger partial charge in [-0.15, -0.1) is 0 Å². The zero-order valence-electron chi connectivity index (χ0n) is 19.8. The van der Waals surface area contributed by atoms with Crippen molar-refractivity contribution in [2.75, 3.05) is 18.4 Å². The van der Waals surface area contributed by atoms with Crippen molar-refractivity contribution < 1.29 is 26.3 Å². The van der Waals surface area contributed by atoms with Crippen LogP contribution in [0.5, 0.6) is 0 Å². The van der Waals surface area contributed by atoms with Crippen molar-refractivity contribution >= 4 is 22.4 Å². The number of anilines is 2. The number of rotatable bonds is 7. The fourth-order valence-corrected chi connectivity index (χ4v) is 3.77. The first-order valence-corrected chi connectivity index (χ1v) is 11.4. The summed E-state index contributed by atoms with van der Waals surface area (Å²) in [5.41, 5.74) is -1.31. The Balaban J connectivity index is 1.81.